The SMILES string of the molecule is Cc1ccc(CN2CCOCC3(C2)CN(c2ccc(F)cc2)C(=O)CO3)o1. The Morgan fingerprint density at radius 2 is 1.96 bits per heavy atom. The van der Waals surface area contributed by atoms with Crippen LogP contribution in [0.3, 0.4) is 0 Å². The van der Waals surface area contributed by atoms with Crippen molar-refractivity contribution >= 4 is 11.6 Å². The number of furan rings is 1. The van der Waals surface area contributed by atoms with Gasteiger partial charge in [0.05, 0.1) is 26.3 Å². The van der Waals surface area contributed by atoms with E-state index in [1.807, 2.05) is 19.1 Å². The zero-order valence-electron chi connectivity index (χ0n) is 15.3. The minimum Gasteiger partial charge on any atom is -0.465 e. The third kappa shape index (κ3) is 4.05. The first-order valence-electron chi connectivity index (χ1n) is 9.08. The van der Waals surface area contributed by atoms with Crippen molar-refractivity contribution in [1.82, 2.24) is 4.90 Å². The summed E-state index contributed by atoms with van der Waals surface area (Å²) in [6.07, 6.45) is 0. The van der Waals surface area contributed by atoms with Crippen LogP contribution in [0.25, 0.3) is 0 Å². The number of anilines is 1. The molecule has 1 atom stereocenters. The Morgan fingerprint density at radius 1 is 1.15 bits per heavy atom. The van der Waals surface area contributed by atoms with Crippen LogP contribution in [-0.4, -0.2) is 55.9 Å². The quantitative estimate of drug-likeness (QED) is 0.826. The molecule has 2 fully saturated rings. The molecule has 0 saturated carbocycles. The van der Waals surface area contributed by atoms with Crippen molar-refractivity contribution < 1.29 is 23.1 Å². The fourth-order valence-corrected chi connectivity index (χ4v) is 3.66. The van der Waals surface area contributed by atoms with Gasteiger partial charge >= 0.3 is 0 Å². The molecule has 2 aromatic rings. The van der Waals surface area contributed by atoms with Crippen LogP contribution in [0.5, 0.6) is 0 Å². The monoisotopic (exact) mass is 374 g/mol. The van der Waals surface area contributed by atoms with Crippen molar-refractivity contribution in [3.63, 3.8) is 0 Å². The van der Waals surface area contributed by atoms with Crippen LogP contribution in [0.1, 0.15) is 11.5 Å². The third-order valence-corrected chi connectivity index (χ3v) is 4.99. The molecule has 6 nitrogen and oxygen atoms in total. The minimum absolute atomic E-state index is 0.0194. The molecule has 1 amide bonds. The lowest BCUT2D eigenvalue weighted by atomic mass is 10.0. The second-order valence-electron chi connectivity index (χ2n) is 7.20. The number of carbonyl (C=O) groups is 1. The van der Waals surface area contributed by atoms with E-state index in [1.54, 1.807) is 17.0 Å². The van der Waals surface area contributed by atoms with E-state index in [9.17, 15) is 9.18 Å². The van der Waals surface area contributed by atoms with Crippen molar-refractivity contribution in [2.45, 2.75) is 19.1 Å². The van der Waals surface area contributed by atoms with Gasteiger partial charge in [-0.25, -0.2) is 4.39 Å². The molecule has 144 valence electrons. The molecule has 0 aliphatic carbocycles. The fourth-order valence-electron chi connectivity index (χ4n) is 3.66. The number of ether oxygens (including phenoxy) is 2. The number of nitrogens with zero attached hydrogens (tertiary/aromatic N) is 2. The molecular weight excluding hydrogens is 351 g/mol. The number of halogens is 1. The smallest absolute Gasteiger partial charge is 0.253 e. The van der Waals surface area contributed by atoms with E-state index in [0.29, 0.717) is 38.5 Å². The van der Waals surface area contributed by atoms with Crippen LogP contribution >= 0.6 is 0 Å². The largest absolute Gasteiger partial charge is 0.465 e. The lowest BCUT2D eigenvalue weighted by molar-refractivity contribution is -0.146. The molecule has 0 bridgehead atoms. The lowest BCUT2D eigenvalue weighted by Gasteiger charge is -2.43. The number of morpholine rings is 1. The second-order valence-corrected chi connectivity index (χ2v) is 7.20. The molecule has 0 N–H and O–H groups in total. The highest BCUT2D eigenvalue weighted by molar-refractivity contribution is 5.95. The molecule has 0 radical (unpaired) electrons. The van der Waals surface area contributed by atoms with E-state index in [-0.39, 0.29) is 18.3 Å². The van der Waals surface area contributed by atoms with Crippen LogP contribution < -0.4 is 4.90 Å². The first-order valence-corrected chi connectivity index (χ1v) is 9.08. The zero-order chi connectivity index (χ0) is 18.9. The molecular formula is C20H23FN2O4. The Hall–Kier alpha value is -2.22. The lowest BCUT2D eigenvalue weighted by Crippen LogP contribution is -2.60. The van der Waals surface area contributed by atoms with Gasteiger partial charge in [0.1, 0.15) is 29.5 Å². The standard InChI is InChI=1S/C20H23FN2O4/c1-15-2-7-18(27-15)10-22-8-9-25-14-20(12-22)13-23(19(24)11-26-20)17-5-3-16(21)4-6-17/h2-7H,8-14H2,1H3. The first-order chi connectivity index (χ1) is 13.0. The van der Waals surface area contributed by atoms with Crippen LogP contribution in [0.2, 0.25) is 0 Å². The van der Waals surface area contributed by atoms with Crippen molar-refractivity contribution in [2.75, 3.05) is 44.4 Å². The van der Waals surface area contributed by atoms with Crippen molar-refractivity contribution in [3.8, 4) is 0 Å². The van der Waals surface area contributed by atoms with Gasteiger partial charge in [0.2, 0.25) is 0 Å². The number of rotatable bonds is 3. The number of benzene rings is 1. The third-order valence-electron chi connectivity index (χ3n) is 4.99. The van der Waals surface area contributed by atoms with Gasteiger partial charge in [-0.2, -0.15) is 0 Å². The average Bonchev–Trinajstić information content (AvgIpc) is 2.96. The summed E-state index contributed by atoms with van der Waals surface area (Å²) in [5, 5.41) is 0. The van der Waals surface area contributed by atoms with E-state index < -0.39 is 5.60 Å². The Kier molecular flexibility index (Phi) is 4.99. The van der Waals surface area contributed by atoms with E-state index in [4.69, 9.17) is 13.9 Å². The Labute approximate surface area is 157 Å². The van der Waals surface area contributed by atoms with Gasteiger partial charge in [-0.15, -0.1) is 0 Å². The molecule has 4 rings (SSSR count). The Morgan fingerprint density at radius 3 is 2.70 bits per heavy atom. The van der Waals surface area contributed by atoms with E-state index in [1.165, 1.54) is 12.1 Å². The van der Waals surface area contributed by atoms with Crippen molar-refractivity contribution in [1.29, 1.82) is 0 Å². The Bertz CT molecular complexity index is 807. The molecule has 2 aliphatic rings. The summed E-state index contributed by atoms with van der Waals surface area (Å²) < 4.78 is 30.7. The second kappa shape index (κ2) is 7.42. The van der Waals surface area contributed by atoms with Gasteiger partial charge < -0.3 is 18.8 Å². The maximum absolute atomic E-state index is 13.2. The highest BCUT2D eigenvalue weighted by Crippen LogP contribution is 2.28. The van der Waals surface area contributed by atoms with E-state index in [2.05, 4.69) is 4.90 Å². The highest BCUT2D eigenvalue weighted by Gasteiger charge is 2.43. The molecule has 7 heteroatoms. The predicted octanol–water partition coefficient (Wildman–Crippen LogP) is 2.36. The molecule has 1 spiro atoms. The van der Waals surface area contributed by atoms with Gasteiger partial charge in [-0.3, -0.25) is 9.69 Å². The predicted molar refractivity (Wildman–Crippen MR) is 97.0 cm³/mol. The van der Waals surface area contributed by atoms with Crippen LogP contribution in [0, 0.1) is 12.7 Å². The van der Waals surface area contributed by atoms with Gasteiger partial charge in [0, 0.05) is 18.8 Å². The Balaban J connectivity index is 1.52. The zero-order valence-corrected chi connectivity index (χ0v) is 15.3. The number of hydrogen-bond acceptors (Lipinski definition) is 5. The number of aryl methyl sites for hydroxylation is 1. The minimum atomic E-state index is -0.625. The summed E-state index contributed by atoms with van der Waals surface area (Å²) in [6.45, 7) is 5.31. The fraction of sp³-hybridized carbons (Fsp3) is 0.450. The number of carbonyl (C=O) groups excluding carboxylic acids is 1. The number of amides is 1. The topological polar surface area (TPSA) is 55.2 Å². The molecule has 1 aromatic carbocycles. The first kappa shape index (κ1) is 18.2. The van der Waals surface area contributed by atoms with Gasteiger partial charge in [-0.05, 0) is 43.3 Å². The van der Waals surface area contributed by atoms with Crippen LogP contribution in [0.4, 0.5) is 10.1 Å². The maximum atomic E-state index is 13.2. The summed E-state index contributed by atoms with van der Waals surface area (Å²) in [5.41, 5.74) is 0.0435. The van der Waals surface area contributed by atoms with Crippen LogP contribution in [-0.2, 0) is 20.8 Å². The summed E-state index contributed by atoms with van der Waals surface area (Å²) in [7, 11) is 0. The molecule has 3 heterocycles. The van der Waals surface area contributed by atoms with E-state index in [0.717, 1.165) is 18.1 Å². The van der Waals surface area contributed by atoms with Gasteiger partial charge in [0.15, 0.2) is 0 Å². The summed E-state index contributed by atoms with van der Waals surface area (Å²) in [4.78, 5) is 16.3. The van der Waals surface area contributed by atoms with E-state index >= 15 is 0 Å². The normalized spacial score (nSPS) is 24.4. The van der Waals surface area contributed by atoms with Crippen LogP contribution in [0.15, 0.2) is 40.8 Å². The van der Waals surface area contributed by atoms with Crippen molar-refractivity contribution in [2.24, 2.45) is 0 Å². The highest BCUT2D eigenvalue weighted by atomic mass is 19.1. The molecule has 1 aromatic heterocycles. The molecule has 1 unspecified atom stereocenters. The summed E-state index contributed by atoms with van der Waals surface area (Å²) >= 11 is 0. The summed E-state index contributed by atoms with van der Waals surface area (Å²) in [6, 6.07) is 9.88. The number of hydrogen-bond donors (Lipinski definition) is 0. The van der Waals surface area contributed by atoms with Gasteiger partial charge in [-0.1, -0.05) is 0 Å². The van der Waals surface area contributed by atoms with Crippen molar-refractivity contribution in [3.05, 3.63) is 53.7 Å². The average molecular weight is 374 g/mol. The summed E-state index contributed by atoms with van der Waals surface area (Å²) in [5.74, 6) is 1.32. The molecule has 2 aliphatic heterocycles. The van der Waals surface area contributed by atoms with Gasteiger partial charge in [0.25, 0.3) is 5.91 Å². The molecule has 2 saturated heterocycles. The molecule has 27 heavy (non-hydrogen) atoms. The maximum Gasteiger partial charge on any atom is 0.253 e.